The topological polar surface area (TPSA) is 66.4 Å². The molecule has 0 saturated heterocycles. The van der Waals surface area contributed by atoms with Crippen molar-refractivity contribution in [2.24, 2.45) is 35.5 Å². The Morgan fingerprint density at radius 3 is 2.33 bits per heavy atom. The number of carboxylic acid groups (broad SMARTS) is 1. The fourth-order valence-corrected chi connectivity index (χ4v) is 4.41. The molecular formula is C17H25NO3. The number of amides is 1. The minimum atomic E-state index is -0.821. The molecule has 0 aromatic carbocycles. The van der Waals surface area contributed by atoms with Gasteiger partial charge in [0, 0.05) is 6.54 Å². The highest BCUT2D eigenvalue weighted by molar-refractivity contribution is 5.86. The quantitative estimate of drug-likeness (QED) is 0.782. The number of fused-ring (bicyclic) bond motifs is 2. The van der Waals surface area contributed by atoms with Crippen LogP contribution in [0.3, 0.4) is 0 Å². The molecule has 4 nitrogen and oxygen atoms in total. The van der Waals surface area contributed by atoms with E-state index in [1.54, 1.807) is 0 Å². The van der Waals surface area contributed by atoms with E-state index >= 15 is 0 Å². The zero-order valence-electron chi connectivity index (χ0n) is 12.6. The number of rotatable bonds is 4. The van der Waals surface area contributed by atoms with Gasteiger partial charge in [-0.15, -0.1) is 0 Å². The van der Waals surface area contributed by atoms with E-state index in [0.29, 0.717) is 5.92 Å². The first-order chi connectivity index (χ1) is 10.1. The normalized spacial score (nSPS) is 41.2. The van der Waals surface area contributed by atoms with Crippen LogP contribution in [0.1, 0.15) is 39.0 Å². The first-order valence-corrected chi connectivity index (χ1v) is 8.25. The third kappa shape index (κ3) is 2.85. The van der Waals surface area contributed by atoms with E-state index in [4.69, 9.17) is 0 Å². The van der Waals surface area contributed by atoms with Gasteiger partial charge >= 0.3 is 5.97 Å². The molecule has 4 heteroatoms. The van der Waals surface area contributed by atoms with Gasteiger partial charge in [-0.05, 0) is 42.9 Å². The number of hydrogen-bond acceptors (Lipinski definition) is 2. The van der Waals surface area contributed by atoms with E-state index in [9.17, 15) is 14.7 Å². The van der Waals surface area contributed by atoms with Crippen LogP contribution in [-0.2, 0) is 9.59 Å². The first-order valence-electron chi connectivity index (χ1n) is 8.25. The summed E-state index contributed by atoms with van der Waals surface area (Å²) < 4.78 is 0. The summed E-state index contributed by atoms with van der Waals surface area (Å²) in [5.74, 6) is -0.185. The molecule has 0 radical (unpaired) electrons. The van der Waals surface area contributed by atoms with E-state index in [2.05, 4.69) is 12.2 Å². The molecule has 2 fully saturated rings. The Morgan fingerprint density at radius 1 is 1.10 bits per heavy atom. The third-order valence-electron chi connectivity index (χ3n) is 5.75. The van der Waals surface area contributed by atoms with Crippen LogP contribution in [-0.4, -0.2) is 23.5 Å². The summed E-state index contributed by atoms with van der Waals surface area (Å²) in [5.41, 5.74) is 0. The lowest BCUT2D eigenvalue weighted by atomic mass is 9.81. The van der Waals surface area contributed by atoms with Crippen molar-refractivity contribution in [3.63, 3.8) is 0 Å². The molecule has 4 atom stereocenters. The Balaban J connectivity index is 1.55. The lowest BCUT2D eigenvalue weighted by molar-refractivity contribution is -0.147. The SMILES string of the molecule is CC1CCC(CNC(=O)C2C3C=CC(C3)C2C(=O)O)CC1. The van der Waals surface area contributed by atoms with Crippen molar-refractivity contribution in [3.8, 4) is 0 Å². The van der Waals surface area contributed by atoms with Gasteiger partial charge in [-0.1, -0.05) is 31.9 Å². The smallest absolute Gasteiger partial charge is 0.307 e. The van der Waals surface area contributed by atoms with Crippen LogP contribution >= 0.6 is 0 Å². The van der Waals surface area contributed by atoms with Gasteiger partial charge in [-0.25, -0.2) is 0 Å². The lowest BCUT2D eigenvalue weighted by Crippen LogP contribution is -2.42. The number of carbonyl (C=O) groups excluding carboxylic acids is 1. The fraction of sp³-hybridized carbons (Fsp3) is 0.765. The van der Waals surface area contributed by atoms with Crippen LogP contribution in [0.25, 0.3) is 0 Å². The molecule has 1 amide bonds. The van der Waals surface area contributed by atoms with Gasteiger partial charge in [-0.3, -0.25) is 9.59 Å². The number of carbonyl (C=O) groups is 2. The van der Waals surface area contributed by atoms with Gasteiger partial charge in [-0.2, -0.15) is 0 Å². The Hall–Kier alpha value is -1.32. The second-order valence-electron chi connectivity index (χ2n) is 7.21. The Labute approximate surface area is 126 Å². The lowest BCUT2D eigenvalue weighted by Gasteiger charge is -2.28. The molecule has 0 aliphatic heterocycles. The predicted octanol–water partition coefficient (Wildman–Crippen LogP) is 2.45. The van der Waals surface area contributed by atoms with Gasteiger partial charge in [0.15, 0.2) is 0 Å². The summed E-state index contributed by atoms with van der Waals surface area (Å²) >= 11 is 0. The molecular weight excluding hydrogens is 266 g/mol. The minimum Gasteiger partial charge on any atom is -0.481 e. The number of nitrogens with one attached hydrogen (secondary N) is 1. The Morgan fingerprint density at radius 2 is 1.71 bits per heavy atom. The van der Waals surface area contributed by atoms with Crippen LogP contribution in [0.2, 0.25) is 0 Å². The highest BCUT2D eigenvalue weighted by Gasteiger charge is 2.51. The second-order valence-corrected chi connectivity index (χ2v) is 7.21. The van der Waals surface area contributed by atoms with Crippen molar-refractivity contribution in [3.05, 3.63) is 12.2 Å². The molecule has 3 rings (SSSR count). The van der Waals surface area contributed by atoms with Gasteiger partial charge in [0.25, 0.3) is 0 Å². The molecule has 2 saturated carbocycles. The summed E-state index contributed by atoms with van der Waals surface area (Å²) in [5, 5.41) is 12.4. The van der Waals surface area contributed by atoms with Gasteiger partial charge in [0.1, 0.15) is 0 Å². The highest BCUT2D eigenvalue weighted by Crippen LogP contribution is 2.48. The molecule has 2 bridgehead atoms. The zero-order chi connectivity index (χ0) is 15.0. The van der Waals surface area contributed by atoms with Crippen LogP contribution in [0.4, 0.5) is 0 Å². The predicted molar refractivity (Wildman–Crippen MR) is 79.5 cm³/mol. The molecule has 116 valence electrons. The second kappa shape index (κ2) is 5.82. The Bertz CT molecular complexity index is 451. The van der Waals surface area contributed by atoms with E-state index in [-0.39, 0.29) is 23.7 Å². The first kappa shape index (κ1) is 14.6. The molecule has 3 aliphatic rings. The Kier molecular flexibility index (Phi) is 4.05. The molecule has 3 aliphatic carbocycles. The third-order valence-corrected chi connectivity index (χ3v) is 5.75. The molecule has 21 heavy (non-hydrogen) atoms. The minimum absolute atomic E-state index is 0.0436. The average molecular weight is 291 g/mol. The fourth-order valence-electron chi connectivity index (χ4n) is 4.41. The maximum absolute atomic E-state index is 12.4. The van der Waals surface area contributed by atoms with Crippen LogP contribution in [0.5, 0.6) is 0 Å². The summed E-state index contributed by atoms with van der Waals surface area (Å²) in [6, 6.07) is 0. The number of hydrogen-bond donors (Lipinski definition) is 2. The summed E-state index contributed by atoms with van der Waals surface area (Å²) in [6.07, 6.45) is 9.70. The molecule has 0 aromatic heterocycles. The van der Waals surface area contributed by atoms with Crippen molar-refractivity contribution in [1.29, 1.82) is 0 Å². The van der Waals surface area contributed by atoms with Crippen LogP contribution < -0.4 is 5.32 Å². The maximum atomic E-state index is 12.4. The van der Waals surface area contributed by atoms with E-state index in [0.717, 1.165) is 18.9 Å². The number of carboxylic acids is 1. The van der Waals surface area contributed by atoms with Gasteiger partial charge in [0.05, 0.1) is 11.8 Å². The van der Waals surface area contributed by atoms with E-state index < -0.39 is 11.9 Å². The summed E-state index contributed by atoms with van der Waals surface area (Å²) in [7, 11) is 0. The van der Waals surface area contributed by atoms with E-state index in [1.165, 1.54) is 25.7 Å². The van der Waals surface area contributed by atoms with Crippen molar-refractivity contribution < 1.29 is 14.7 Å². The molecule has 0 spiro atoms. The highest BCUT2D eigenvalue weighted by atomic mass is 16.4. The number of aliphatic carboxylic acids is 1. The summed E-state index contributed by atoms with van der Waals surface area (Å²) in [6.45, 7) is 3.00. The zero-order valence-corrected chi connectivity index (χ0v) is 12.6. The average Bonchev–Trinajstić information content (AvgIpc) is 3.06. The molecule has 0 aromatic rings. The maximum Gasteiger partial charge on any atom is 0.307 e. The molecule has 4 unspecified atom stereocenters. The molecule has 0 heterocycles. The van der Waals surface area contributed by atoms with Gasteiger partial charge < -0.3 is 10.4 Å². The standard InChI is InChI=1S/C17H25NO3/c1-10-2-4-11(5-3-10)9-18-16(19)14-12-6-7-13(8-12)15(14)17(20)21/h6-7,10-15H,2-5,8-9H2,1H3,(H,18,19)(H,20,21). The van der Waals surface area contributed by atoms with Crippen molar-refractivity contribution >= 4 is 11.9 Å². The largest absolute Gasteiger partial charge is 0.481 e. The van der Waals surface area contributed by atoms with Crippen LogP contribution in [0.15, 0.2) is 12.2 Å². The molecule has 2 N–H and O–H groups in total. The van der Waals surface area contributed by atoms with Crippen molar-refractivity contribution in [2.45, 2.75) is 39.0 Å². The summed E-state index contributed by atoms with van der Waals surface area (Å²) in [4.78, 5) is 23.9. The van der Waals surface area contributed by atoms with Crippen molar-refractivity contribution in [2.75, 3.05) is 6.54 Å². The van der Waals surface area contributed by atoms with Crippen LogP contribution in [0, 0.1) is 35.5 Å². The monoisotopic (exact) mass is 291 g/mol. The van der Waals surface area contributed by atoms with Crippen molar-refractivity contribution in [1.82, 2.24) is 5.32 Å². The number of allylic oxidation sites excluding steroid dienone is 2. The van der Waals surface area contributed by atoms with E-state index in [1.807, 2.05) is 12.2 Å². The van der Waals surface area contributed by atoms with Gasteiger partial charge in [0.2, 0.25) is 5.91 Å².